The van der Waals surface area contributed by atoms with Crippen LogP contribution in [0.4, 0.5) is 0 Å². The van der Waals surface area contributed by atoms with Crippen molar-refractivity contribution in [1.82, 2.24) is 5.32 Å². The highest BCUT2D eigenvalue weighted by molar-refractivity contribution is 5.85. The molecular weight excluding hydrogens is 174 g/mol. The molecule has 1 saturated heterocycles. The van der Waals surface area contributed by atoms with E-state index in [9.17, 15) is 4.79 Å². The first-order valence-corrected chi connectivity index (χ1v) is 4.27. The first-order chi connectivity index (χ1) is 5.05. The lowest BCUT2D eigenvalue weighted by atomic mass is 9.75. The summed E-state index contributed by atoms with van der Waals surface area (Å²) >= 11 is 0. The Morgan fingerprint density at radius 2 is 2.08 bits per heavy atom. The van der Waals surface area contributed by atoms with Gasteiger partial charge < -0.3 is 5.32 Å². The first-order valence-electron chi connectivity index (χ1n) is 4.27. The van der Waals surface area contributed by atoms with Gasteiger partial charge in [0, 0.05) is 5.41 Å². The molecule has 0 spiro atoms. The van der Waals surface area contributed by atoms with Gasteiger partial charge in [-0.25, -0.2) is 0 Å². The van der Waals surface area contributed by atoms with E-state index in [2.05, 4.69) is 5.32 Å². The number of nitrogens with one attached hydrogen (secondary N) is 1. The number of carbonyl (C=O) groups excluding carboxylic acids is 1. The zero-order valence-corrected chi connectivity index (χ0v) is 8.83. The van der Waals surface area contributed by atoms with E-state index >= 15 is 0 Å². The van der Waals surface area contributed by atoms with Crippen LogP contribution in [-0.2, 0) is 4.79 Å². The number of hydrogen-bond donors (Lipinski definition) is 1. The van der Waals surface area contributed by atoms with Gasteiger partial charge in [-0.2, -0.15) is 0 Å². The molecule has 1 N–H and O–H groups in total. The minimum Gasteiger partial charge on any atom is -0.316 e. The highest BCUT2D eigenvalue weighted by Crippen LogP contribution is 2.31. The summed E-state index contributed by atoms with van der Waals surface area (Å²) in [6.07, 6.45) is 1.15. The van der Waals surface area contributed by atoms with Crippen molar-refractivity contribution in [2.75, 3.05) is 13.1 Å². The quantitative estimate of drug-likeness (QED) is 0.719. The predicted octanol–water partition coefficient (Wildman–Crippen LogP) is 1.63. The van der Waals surface area contributed by atoms with Gasteiger partial charge >= 0.3 is 0 Å². The fourth-order valence-electron chi connectivity index (χ4n) is 1.56. The van der Waals surface area contributed by atoms with E-state index in [1.54, 1.807) is 6.92 Å². The van der Waals surface area contributed by atoms with Crippen molar-refractivity contribution in [1.29, 1.82) is 0 Å². The minimum absolute atomic E-state index is 0. The van der Waals surface area contributed by atoms with Crippen LogP contribution in [0.15, 0.2) is 0 Å². The molecule has 0 saturated carbocycles. The Morgan fingerprint density at radius 1 is 1.50 bits per heavy atom. The third-order valence-electron chi connectivity index (χ3n) is 2.99. The van der Waals surface area contributed by atoms with Crippen LogP contribution in [0, 0.1) is 11.3 Å². The van der Waals surface area contributed by atoms with Crippen molar-refractivity contribution in [2.45, 2.75) is 27.2 Å². The summed E-state index contributed by atoms with van der Waals surface area (Å²) in [5.74, 6) is 0.853. The van der Waals surface area contributed by atoms with Gasteiger partial charge in [-0.05, 0) is 32.4 Å². The summed E-state index contributed by atoms with van der Waals surface area (Å²) in [5.41, 5.74) is -0.122. The van der Waals surface area contributed by atoms with Crippen molar-refractivity contribution < 1.29 is 4.79 Å². The van der Waals surface area contributed by atoms with Crippen LogP contribution in [0.5, 0.6) is 0 Å². The SMILES string of the molecule is CC(=O)C(C)(C)[C@@H]1CCNC1.Cl. The molecule has 1 fully saturated rings. The Kier molecular flexibility index (Phi) is 4.21. The van der Waals surface area contributed by atoms with Crippen molar-refractivity contribution in [2.24, 2.45) is 11.3 Å². The molecule has 0 radical (unpaired) electrons. The Morgan fingerprint density at radius 3 is 2.42 bits per heavy atom. The second-order valence-electron chi connectivity index (χ2n) is 3.97. The fourth-order valence-corrected chi connectivity index (χ4v) is 1.56. The first kappa shape index (κ1) is 11.9. The maximum atomic E-state index is 11.2. The zero-order chi connectivity index (χ0) is 8.48. The number of rotatable bonds is 2. The number of Topliss-reactive ketones (excluding diaryl/α,β-unsaturated/α-hetero) is 1. The molecule has 1 heterocycles. The van der Waals surface area contributed by atoms with Crippen molar-refractivity contribution in [3.8, 4) is 0 Å². The number of carbonyl (C=O) groups is 1. The highest BCUT2D eigenvalue weighted by atomic mass is 35.5. The molecule has 2 nitrogen and oxygen atoms in total. The highest BCUT2D eigenvalue weighted by Gasteiger charge is 2.35. The summed E-state index contributed by atoms with van der Waals surface area (Å²) in [6.45, 7) is 7.87. The Balaban J connectivity index is 0.00000121. The van der Waals surface area contributed by atoms with E-state index < -0.39 is 0 Å². The summed E-state index contributed by atoms with van der Waals surface area (Å²) in [7, 11) is 0. The van der Waals surface area contributed by atoms with E-state index in [1.807, 2.05) is 13.8 Å². The van der Waals surface area contributed by atoms with Gasteiger partial charge in [0.2, 0.25) is 0 Å². The largest absolute Gasteiger partial charge is 0.316 e. The molecule has 1 rings (SSSR count). The van der Waals surface area contributed by atoms with Gasteiger partial charge in [-0.1, -0.05) is 13.8 Å². The van der Waals surface area contributed by atoms with Crippen LogP contribution in [0.25, 0.3) is 0 Å². The molecule has 0 aliphatic carbocycles. The second kappa shape index (κ2) is 4.24. The third kappa shape index (κ3) is 2.20. The lowest BCUT2D eigenvalue weighted by Crippen LogP contribution is -2.32. The van der Waals surface area contributed by atoms with Crippen LogP contribution < -0.4 is 5.32 Å². The van der Waals surface area contributed by atoms with Crippen molar-refractivity contribution in [3.63, 3.8) is 0 Å². The molecule has 1 aliphatic rings. The Labute approximate surface area is 80.5 Å². The van der Waals surface area contributed by atoms with Crippen LogP contribution in [-0.4, -0.2) is 18.9 Å². The molecule has 0 aromatic carbocycles. The molecule has 12 heavy (non-hydrogen) atoms. The Hall–Kier alpha value is -0.0800. The van der Waals surface area contributed by atoms with E-state index in [1.165, 1.54) is 0 Å². The van der Waals surface area contributed by atoms with Gasteiger partial charge in [0.25, 0.3) is 0 Å². The molecule has 3 heteroatoms. The van der Waals surface area contributed by atoms with Gasteiger partial charge in [0.1, 0.15) is 5.78 Å². The van der Waals surface area contributed by atoms with Crippen LogP contribution in [0.3, 0.4) is 0 Å². The van der Waals surface area contributed by atoms with Gasteiger partial charge in [-0.15, -0.1) is 12.4 Å². The molecule has 0 bridgehead atoms. The lowest BCUT2D eigenvalue weighted by molar-refractivity contribution is -0.127. The molecule has 72 valence electrons. The van der Waals surface area contributed by atoms with Crippen LogP contribution in [0.1, 0.15) is 27.2 Å². The van der Waals surface area contributed by atoms with E-state index in [-0.39, 0.29) is 17.8 Å². The smallest absolute Gasteiger partial charge is 0.135 e. The lowest BCUT2D eigenvalue weighted by Gasteiger charge is -2.27. The second-order valence-corrected chi connectivity index (χ2v) is 3.97. The normalized spacial score (nSPS) is 23.4. The van der Waals surface area contributed by atoms with Gasteiger partial charge in [0.15, 0.2) is 0 Å². The average Bonchev–Trinajstić information content (AvgIpc) is 2.37. The predicted molar refractivity (Wildman–Crippen MR) is 52.7 cm³/mol. The molecule has 1 aliphatic heterocycles. The average molecular weight is 192 g/mol. The van der Waals surface area contributed by atoms with Crippen LogP contribution >= 0.6 is 12.4 Å². The van der Waals surface area contributed by atoms with Crippen molar-refractivity contribution in [3.05, 3.63) is 0 Å². The minimum atomic E-state index is -0.122. The van der Waals surface area contributed by atoms with Crippen molar-refractivity contribution >= 4 is 18.2 Å². The number of halogens is 1. The van der Waals surface area contributed by atoms with E-state index in [4.69, 9.17) is 0 Å². The monoisotopic (exact) mass is 191 g/mol. The van der Waals surface area contributed by atoms with E-state index in [0.717, 1.165) is 19.5 Å². The Bertz CT molecular complexity index is 162. The summed E-state index contributed by atoms with van der Waals surface area (Å²) in [5, 5.41) is 3.28. The summed E-state index contributed by atoms with van der Waals surface area (Å²) in [4.78, 5) is 11.2. The third-order valence-corrected chi connectivity index (χ3v) is 2.99. The molecule has 0 aromatic rings. The maximum absolute atomic E-state index is 11.2. The molecule has 0 unspecified atom stereocenters. The topological polar surface area (TPSA) is 29.1 Å². The summed E-state index contributed by atoms with van der Waals surface area (Å²) in [6, 6.07) is 0. The fraction of sp³-hybridized carbons (Fsp3) is 0.889. The number of hydrogen-bond acceptors (Lipinski definition) is 2. The van der Waals surface area contributed by atoms with Crippen LogP contribution in [0.2, 0.25) is 0 Å². The van der Waals surface area contributed by atoms with Gasteiger partial charge in [-0.3, -0.25) is 4.79 Å². The molecule has 1 atom stereocenters. The van der Waals surface area contributed by atoms with E-state index in [0.29, 0.717) is 11.7 Å². The van der Waals surface area contributed by atoms with Gasteiger partial charge in [0.05, 0.1) is 0 Å². The molecule has 0 amide bonds. The summed E-state index contributed by atoms with van der Waals surface area (Å²) < 4.78 is 0. The number of ketones is 1. The molecule has 0 aromatic heterocycles. The zero-order valence-electron chi connectivity index (χ0n) is 8.02. The molecular formula is C9H18ClNO. The standard InChI is InChI=1S/C9H17NO.ClH/c1-7(11)9(2,3)8-4-5-10-6-8;/h8,10H,4-6H2,1-3H3;1H/t8-;/m1./s1. The maximum Gasteiger partial charge on any atom is 0.135 e.